The first kappa shape index (κ1) is 16.0. The quantitative estimate of drug-likeness (QED) is 0.854. The van der Waals surface area contributed by atoms with Crippen LogP contribution in [-0.2, 0) is 11.3 Å². The van der Waals surface area contributed by atoms with Crippen molar-refractivity contribution in [2.24, 2.45) is 0 Å². The predicted octanol–water partition coefficient (Wildman–Crippen LogP) is 1.70. The topological polar surface area (TPSA) is 78.7 Å². The number of nitrogens with one attached hydrogen (secondary N) is 1. The van der Waals surface area contributed by atoms with Gasteiger partial charge in [-0.2, -0.15) is 0 Å². The van der Waals surface area contributed by atoms with E-state index < -0.39 is 5.54 Å². The van der Waals surface area contributed by atoms with Gasteiger partial charge in [0, 0.05) is 25.0 Å². The highest BCUT2D eigenvalue weighted by molar-refractivity contribution is 6.07. The van der Waals surface area contributed by atoms with Crippen molar-refractivity contribution in [3.63, 3.8) is 0 Å². The fourth-order valence-corrected chi connectivity index (χ4v) is 3.27. The number of urea groups is 1. The lowest BCUT2D eigenvalue weighted by Crippen LogP contribution is -2.49. The summed E-state index contributed by atoms with van der Waals surface area (Å²) in [5, 5.41) is 2.89. The Balaban J connectivity index is 1.68. The molecule has 1 spiro atoms. The third-order valence-corrected chi connectivity index (χ3v) is 4.56. The van der Waals surface area contributed by atoms with Crippen LogP contribution < -0.4 is 5.32 Å². The van der Waals surface area contributed by atoms with Crippen LogP contribution in [0.3, 0.4) is 0 Å². The summed E-state index contributed by atoms with van der Waals surface area (Å²) >= 11 is 0. The maximum Gasteiger partial charge on any atom is 0.325 e. The monoisotopic (exact) mass is 320 g/mol. The van der Waals surface area contributed by atoms with Gasteiger partial charge < -0.3 is 9.73 Å². The molecule has 2 aliphatic heterocycles. The molecular formula is C16H24N4O3. The minimum Gasteiger partial charge on any atom is -0.444 e. The van der Waals surface area contributed by atoms with Crippen molar-refractivity contribution in [3.05, 3.63) is 17.8 Å². The molecule has 1 atom stereocenters. The summed E-state index contributed by atoms with van der Waals surface area (Å²) in [4.78, 5) is 32.5. The van der Waals surface area contributed by atoms with Crippen molar-refractivity contribution in [1.82, 2.24) is 20.1 Å². The van der Waals surface area contributed by atoms with Crippen LogP contribution in [0.25, 0.3) is 0 Å². The number of oxazole rings is 1. The van der Waals surface area contributed by atoms with E-state index in [4.69, 9.17) is 4.42 Å². The zero-order valence-corrected chi connectivity index (χ0v) is 14.1. The van der Waals surface area contributed by atoms with E-state index in [1.807, 2.05) is 13.8 Å². The average molecular weight is 320 g/mol. The van der Waals surface area contributed by atoms with Gasteiger partial charge in [-0.3, -0.25) is 14.6 Å². The normalized spacial score (nSPS) is 25.4. The molecule has 23 heavy (non-hydrogen) atoms. The summed E-state index contributed by atoms with van der Waals surface area (Å²) in [5.41, 5.74) is -0.783. The molecule has 1 aromatic heterocycles. The Bertz CT molecular complexity index is 625. The van der Waals surface area contributed by atoms with Gasteiger partial charge in [-0.25, -0.2) is 9.78 Å². The van der Waals surface area contributed by atoms with E-state index in [2.05, 4.69) is 29.0 Å². The van der Waals surface area contributed by atoms with Crippen LogP contribution in [0, 0.1) is 0 Å². The van der Waals surface area contributed by atoms with E-state index in [1.54, 1.807) is 6.20 Å². The third kappa shape index (κ3) is 2.73. The summed E-state index contributed by atoms with van der Waals surface area (Å²) in [6, 6.07) is -0.415. The van der Waals surface area contributed by atoms with Crippen LogP contribution in [0.4, 0.5) is 4.79 Å². The van der Waals surface area contributed by atoms with E-state index in [-0.39, 0.29) is 18.0 Å². The highest BCUT2D eigenvalue weighted by Crippen LogP contribution is 2.30. The van der Waals surface area contributed by atoms with Crippen molar-refractivity contribution < 1.29 is 14.0 Å². The van der Waals surface area contributed by atoms with Crippen LogP contribution >= 0.6 is 0 Å². The molecule has 2 fully saturated rings. The van der Waals surface area contributed by atoms with Gasteiger partial charge in [-0.1, -0.05) is 13.8 Å². The lowest BCUT2D eigenvalue weighted by molar-refractivity contribution is -0.132. The number of amides is 3. The lowest BCUT2D eigenvalue weighted by atomic mass is 9.99. The number of aromatic nitrogens is 1. The molecule has 3 amide bonds. The largest absolute Gasteiger partial charge is 0.444 e. The van der Waals surface area contributed by atoms with E-state index in [0.717, 1.165) is 12.3 Å². The standard InChI is InChI=1S/C16H24N4O3/c1-10(2)12-7-17-13(23-12)8-19-6-5-16(9-19)14(21)20(11(3)4)15(22)18-16/h7,10-11H,5-6,8-9H2,1-4H3,(H,18,22)/t16-/m1/s1. The second kappa shape index (κ2) is 5.63. The Kier molecular flexibility index (Phi) is 3.91. The van der Waals surface area contributed by atoms with E-state index in [0.29, 0.717) is 31.3 Å². The second-order valence-corrected chi connectivity index (χ2v) is 7.05. The van der Waals surface area contributed by atoms with E-state index >= 15 is 0 Å². The molecular weight excluding hydrogens is 296 g/mol. The van der Waals surface area contributed by atoms with Gasteiger partial charge >= 0.3 is 6.03 Å². The number of carbonyl (C=O) groups excluding carboxylic acids is 2. The smallest absolute Gasteiger partial charge is 0.325 e. The summed E-state index contributed by atoms with van der Waals surface area (Å²) in [6.07, 6.45) is 2.38. The molecule has 2 aliphatic rings. The van der Waals surface area contributed by atoms with Crippen molar-refractivity contribution in [2.45, 2.75) is 58.2 Å². The van der Waals surface area contributed by atoms with E-state index in [1.165, 1.54) is 4.90 Å². The molecule has 7 heteroatoms. The van der Waals surface area contributed by atoms with Crippen LogP contribution in [0.1, 0.15) is 51.7 Å². The number of imide groups is 1. The SMILES string of the molecule is CC(C)c1cnc(CN2CC[C@]3(C2)NC(=O)N(C(C)C)C3=O)o1. The highest BCUT2D eigenvalue weighted by Gasteiger charge is 2.55. The Hall–Kier alpha value is -1.89. The molecule has 3 rings (SSSR count). The van der Waals surface area contributed by atoms with Crippen molar-refractivity contribution in [1.29, 1.82) is 0 Å². The number of nitrogens with zero attached hydrogens (tertiary/aromatic N) is 3. The maximum atomic E-state index is 12.6. The molecule has 0 aliphatic carbocycles. The third-order valence-electron chi connectivity index (χ3n) is 4.56. The van der Waals surface area contributed by atoms with Crippen LogP contribution in [0.2, 0.25) is 0 Å². The van der Waals surface area contributed by atoms with Gasteiger partial charge in [0.15, 0.2) is 0 Å². The molecule has 0 unspecified atom stereocenters. The van der Waals surface area contributed by atoms with Gasteiger partial charge in [0.2, 0.25) is 5.89 Å². The summed E-state index contributed by atoms with van der Waals surface area (Å²) < 4.78 is 5.73. The molecule has 7 nitrogen and oxygen atoms in total. The molecule has 126 valence electrons. The molecule has 0 saturated carbocycles. The summed E-state index contributed by atoms with van der Waals surface area (Å²) in [7, 11) is 0. The number of hydrogen-bond donors (Lipinski definition) is 1. The molecule has 2 saturated heterocycles. The van der Waals surface area contributed by atoms with Crippen LogP contribution in [0.5, 0.6) is 0 Å². The lowest BCUT2D eigenvalue weighted by Gasteiger charge is -2.22. The van der Waals surface area contributed by atoms with Gasteiger partial charge in [0.1, 0.15) is 11.3 Å². The average Bonchev–Trinajstić information content (AvgIpc) is 3.12. The van der Waals surface area contributed by atoms with E-state index in [9.17, 15) is 9.59 Å². The molecule has 3 heterocycles. The van der Waals surface area contributed by atoms with Gasteiger partial charge in [-0.05, 0) is 20.3 Å². The van der Waals surface area contributed by atoms with Crippen LogP contribution in [0.15, 0.2) is 10.6 Å². The van der Waals surface area contributed by atoms with Crippen LogP contribution in [-0.4, -0.2) is 51.4 Å². The Morgan fingerprint density at radius 2 is 2.09 bits per heavy atom. The fourth-order valence-electron chi connectivity index (χ4n) is 3.27. The van der Waals surface area contributed by atoms with Gasteiger partial charge in [0.25, 0.3) is 5.91 Å². The first-order valence-electron chi connectivity index (χ1n) is 8.15. The number of hydrogen-bond acceptors (Lipinski definition) is 5. The zero-order valence-electron chi connectivity index (χ0n) is 14.1. The molecule has 0 bridgehead atoms. The zero-order chi connectivity index (χ0) is 16.8. The summed E-state index contributed by atoms with van der Waals surface area (Å²) in [6.45, 7) is 9.61. The Labute approximate surface area is 136 Å². The first-order chi connectivity index (χ1) is 10.8. The van der Waals surface area contributed by atoms with Crippen molar-refractivity contribution in [2.75, 3.05) is 13.1 Å². The summed E-state index contributed by atoms with van der Waals surface area (Å²) in [5.74, 6) is 1.71. The maximum absolute atomic E-state index is 12.6. The van der Waals surface area contributed by atoms with Crippen molar-refractivity contribution >= 4 is 11.9 Å². The van der Waals surface area contributed by atoms with Gasteiger partial charge in [-0.15, -0.1) is 0 Å². The number of rotatable bonds is 4. The number of carbonyl (C=O) groups is 2. The highest BCUT2D eigenvalue weighted by atomic mass is 16.4. The minimum absolute atomic E-state index is 0.115. The Morgan fingerprint density at radius 3 is 2.65 bits per heavy atom. The second-order valence-electron chi connectivity index (χ2n) is 7.05. The molecule has 0 aromatic carbocycles. The number of likely N-dealkylation sites (tertiary alicyclic amines) is 1. The molecule has 0 radical (unpaired) electrons. The fraction of sp³-hybridized carbons (Fsp3) is 0.688. The van der Waals surface area contributed by atoms with Crippen molar-refractivity contribution in [3.8, 4) is 0 Å². The predicted molar refractivity (Wildman–Crippen MR) is 83.7 cm³/mol. The Morgan fingerprint density at radius 1 is 1.35 bits per heavy atom. The first-order valence-corrected chi connectivity index (χ1v) is 8.15. The molecule has 1 N–H and O–H groups in total. The molecule has 1 aromatic rings. The van der Waals surface area contributed by atoms with Gasteiger partial charge in [0.05, 0.1) is 12.7 Å². The minimum atomic E-state index is -0.783.